The summed E-state index contributed by atoms with van der Waals surface area (Å²) >= 11 is 0. The molecule has 1 atom stereocenters. The van der Waals surface area contributed by atoms with E-state index in [1.807, 2.05) is 32.9 Å². The van der Waals surface area contributed by atoms with E-state index in [1.54, 1.807) is 0 Å². The second-order valence-corrected chi connectivity index (χ2v) is 8.70. The van der Waals surface area contributed by atoms with E-state index in [-0.39, 0.29) is 11.7 Å². The predicted molar refractivity (Wildman–Crippen MR) is 136 cm³/mol. The van der Waals surface area contributed by atoms with E-state index in [2.05, 4.69) is 17.4 Å². The first kappa shape index (κ1) is 28.2. The molecular formula is C27H47N3O2. The molecule has 1 aliphatic carbocycles. The van der Waals surface area contributed by atoms with Gasteiger partial charge in [-0.05, 0) is 62.1 Å². The highest BCUT2D eigenvalue weighted by Crippen LogP contribution is 2.23. The monoisotopic (exact) mass is 445 g/mol. The number of rotatable bonds is 14. The molecule has 1 aromatic rings. The molecule has 0 radical (unpaired) electrons. The van der Waals surface area contributed by atoms with Crippen molar-refractivity contribution in [1.82, 2.24) is 0 Å². The minimum atomic E-state index is -0.553. The van der Waals surface area contributed by atoms with Gasteiger partial charge < -0.3 is 15.8 Å². The maximum atomic E-state index is 12.1. The van der Waals surface area contributed by atoms with Crippen LogP contribution in [0, 0.1) is 17.2 Å². The Morgan fingerprint density at radius 3 is 2.31 bits per heavy atom. The molecule has 0 bridgehead atoms. The van der Waals surface area contributed by atoms with Crippen molar-refractivity contribution in [1.29, 1.82) is 5.41 Å². The molecule has 1 unspecified atom stereocenters. The van der Waals surface area contributed by atoms with Gasteiger partial charge in [0.1, 0.15) is 5.84 Å². The summed E-state index contributed by atoms with van der Waals surface area (Å²) < 4.78 is 5.87. The number of hydrogen-bond donors (Lipinski definition) is 3. The fraction of sp³-hybridized carbons (Fsp3) is 0.704. The lowest BCUT2D eigenvalue weighted by atomic mass is 9.90. The maximum absolute atomic E-state index is 12.1. The van der Waals surface area contributed by atoms with Gasteiger partial charge in [-0.15, -0.1) is 0 Å². The normalized spacial score (nSPS) is 14.8. The van der Waals surface area contributed by atoms with Gasteiger partial charge in [0, 0.05) is 18.9 Å². The fourth-order valence-electron chi connectivity index (χ4n) is 4.20. The first-order valence-electron chi connectivity index (χ1n) is 12.9. The van der Waals surface area contributed by atoms with Gasteiger partial charge >= 0.3 is 0 Å². The van der Waals surface area contributed by atoms with Gasteiger partial charge in [-0.1, -0.05) is 71.4 Å². The molecule has 2 rings (SSSR count). The van der Waals surface area contributed by atoms with Crippen LogP contribution >= 0.6 is 0 Å². The maximum Gasteiger partial charge on any atom is 0.235 e. The first-order valence-corrected chi connectivity index (χ1v) is 12.9. The lowest BCUT2D eigenvalue weighted by Gasteiger charge is -2.21. The zero-order valence-electron chi connectivity index (χ0n) is 20.8. The largest absolute Gasteiger partial charge is 0.387 e. The summed E-state index contributed by atoms with van der Waals surface area (Å²) in [4.78, 5) is 12.1. The Kier molecular flexibility index (Phi) is 15.5. The highest BCUT2D eigenvalue weighted by Gasteiger charge is 2.19. The number of benzene rings is 1. The molecule has 0 aromatic heterocycles. The Morgan fingerprint density at radius 1 is 1.06 bits per heavy atom. The van der Waals surface area contributed by atoms with Crippen LogP contribution in [-0.2, 0) is 16.0 Å². The molecule has 1 aromatic carbocycles. The van der Waals surface area contributed by atoms with Gasteiger partial charge in [0.25, 0.3) is 0 Å². The molecule has 0 aliphatic heterocycles. The third-order valence-electron chi connectivity index (χ3n) is 6.15. The number of nitrogens with one attached hydrogen (secondary N) is 2. The van der Waals surface area contributed by atoms with Crippen molar-refractivity contribution in [3.05, 3.63) is 29.8 Å². The molecule has 5 heteroatoms. The summed E-state index contributed by atoms with van der Waals surface area (Å²) in [7, 11) is 0. The van der Waals surface area contributed by atoms with Crippen LogP contribution in [0.5, 0.6) is 0 Å². The number of aryl methyl sites for hydroxylation is 1. The van der Waals surface area contributed by atoms with Crippen LogP contribution in [-0.4, -0.2) is 25.0 Å². The second-order valence-electron chi connectivity index (χ2n) is 8.70. The highest BCUT2D eigenvalue weighted by molar-refractivity contribution is 6.06. The van der Waals surface area contributed by atoms with E-state index in [0.717, 1.165) is 31.2 Å². The van der Waals surface area contributed by atoms with Crippen LogP contribution < -0.4 is 11.1 Å². The van der Waals surface area contributed by atoms with Crippen LogP contribution in [0.25, 0.3) is 0 Å². The SMILES string of the molecule is CC.CCC(C(=N)N)C(=O)Nc1ccc(CCCCCCCOCC2CCCCC2)cc1. The van der Waals surface area contributed by atoms with Gasteiger partial charge in [0.15, 0.2) is 0 Å². The molecule has 4 N–H and O–H groups in total. The van der Waals surface area contributed by atoms with E-state index in [9.17, 15) is 4.79 Å². The van der Waals surface area contributed by atoms with Crippen LogP contribution in [0.2, 0.25) is 0 Å². The first-order chi connectivity index (χ1) is 15.6. The number of unbranched alkanes of at least 4 members (excludes halogenated alkanes) is 4. The summed E-state index contributed by atoms with van der Waals surface area (Å²) in [6.45, 7) is 7.76. The van der Waals surface area contributed by atoms with E-state index in [1.165, 1.54) is 69.8 Å². The minimum Gasteiger partial charge on any atom is -0.387 e. The van der Waals surface area contributed by atoms with Gasteiger partial charge in [-0.3, -0.25) is 10.2 Å². The summed E-state index contributed by atoms with van der Waals surface area (Å²) in [5, 5.41) is 10.3. The van der Waals surface area contributed by atoms with Crippen LogP contribution in [0.4, 0.5) is 5.69 Å². The van der Waals surface area contributed by atoms with Crippen LogP contribution in [0.1, 0.15) is 97.0 Å². The molecular weight excluding hydrogens is 398 g/mol. The molecule has 32 heavy (non-hydrogen) atoms. The van der Waals surface area contributed by atoms with Crippen molar-refractivity contribution in [2.45, 2.75) is 97.8 Å². The van der Waals surface area contributed by atoms with Gasteiger partial charge in [-0.2, -0.15) is 0 Å². The lowest BCUT2D eigenvalue weighted by molar-refractivity contribution is -0.118. The Labute approximate surface area is 196 Å². The van der Waals surface area contributed by atoms with Crippen LogP contribution in [0.15, 0.2) is 24.3 Å². The van der Waals surface area contributed by atoms with Crippen molar-refractivity contribution in [3.8, 4) is 0 Å². The molecule has 0 heterocycles. The molecule has 1 amide bonds. The van der Waals surface area contributed by atoms with Crippen molar-refractivity contribution in [2.24, 2.45) is 17.6 Å². The number of ether oxygens (including phenoxy) is 1. The van der Waals surface area contributed by atoms with Gasteiger partial charge in [0.05, 0.1) is 5.92 Å². The van der Waals surface area contributed by atoms with E-state index in [0.29, 0.717) is 6.42 Å². The number of nitrogens with two attached hydrogens (primary N) is 1. The molecule has 0 saturated heterocycles. The minimum absolute atomic E-state index is 0.0811. The molecule has 0 spiro atoms. The number of carbonyl (C=O) groups is 1. The molecule has 5 nitrogen and oxygen atoms in total. The topological polar surface area (TPSA) is 88.2 Å². The zero-order valence-corrected chi connectivity index (χ0v) is 20.8. The predicted octanol–water partition coefficient (Wildman–Crippen LogP) is 6.70. The van der Waals surface area contributed by atoms with Crippen molar-refractivity contribution < 1.29 is 9.53 Å². The third kappa shape index (κ3) is 11.7. The summed E-state index contributed by atoms with van der Waals surface area (Å²) in [5.41, 5.74) is 7.54. The van der Waals surface area contributed by atoms with Crippen LogP contribution in [0.3, 0.4) is 0 Å². The van der Waals surface area contributed by atoms with E-state index < -0.39 is 5.92 Å². The van der Waals surface area contributed by atoms with E-state index >= 15 is 0 Å². The third-order valence-corrected chi connectivity index (χ3v) is 6.15. The van der Waals surface area contributed by atoms with E-state index in [4.69, 9.17) is 15.9 Å². The smallest absolute Gasteiger partial charge is 0.235 e. The summed E-state index contributed by atoms with van der Waals surface area (Å²) in [6, 6.07) is 8.01. The number of amides is 1. The second kappa shape index (κ2) is 17.6. The standard InChI is InChI=1S/C25H41N3O2.C2H6/c1-2-23(24(26)27)25(29)28-22-16-14-20(15-17-22)11-7-4-3-5-10-18-30-19-21-12-8-6-9-13-21;1-2/h14-17,21,23H,2-13,18-19H2,1H3,(H3,26,27)(H,28,29);1-2H3. The van der Waals surface area contributed by atoms with Crippen molar-refractivity contribution in [3.63, 3.8) is 0 Å². The Hall–Kier alpha value is -1.88. The average Bonchev–Trinajstić information content (AvgIpc) is 2.81. The van der Waals surface area contributed by atoms with Crippen molar-refractivity contribution in [2.75, 3.05) is 18.5 Å². The Balaban J connectivity index is 0.00000249. The highest BCUT2D eigenvalue weighted by atomic mass is 16.5. The van der Waals surface area contributed by atoms with Gasteiger partial charge in [0.2, 0.25) is 5.91 Å². The molecule has 1 saturated carbocycles. The number of amidine groups is 1. The molecule has 1 aliphatic rings. The molecule has 182 valence electrons. The molecule has 1 fully saturated rings. The lowest BCUT2D eigenvalue weighted by Crippen LogP contribution is -2.33. The number of anilines is 1. The van der Waals surface area contributed by atoms with Gasteiger partial charge in [-0.25, -0.2) is 0 Å². The number of hydrogen-bond acceptors (Lipinski definition) is 3. The fourth-order valence-corrected chi connectivity index (χ4v) is 4.20. The summed E-state index contributed by atoms with van der Waals surface area (Å²) in [5.74, 6) is -0.0223. The summed E-state index contributed by atoms with van der Waals surface area (Å²) in [6.07, 6.45) is 14.7. The quantitative estimate of drug-likeness (QED) is 0.169. The van der Waals surface area contributed by atoms with Crippen molar-refractivity contribution >= 4 is 17.4 Å². The zero-order chi connectivity index (χ0) is 23.6. The number of carbonyl (C=O) groups excluding carboxylic acids is 1. The Bertz CT molecular complexity index is 624. The Morgan fingerprint density at radius 2 is 1.69 bits per heavy atom. The average molecular weight is 446 g/mol.